The molecule has 0 atom stereocenters. The predicted molar refractivity (Wildman–Crippen MR) is 64.8 cm³/mol. The van der Waals surface area contributed by atoms with E-state index in [1.807, 2.05) is 31.2 Å². The molecule has 0 bridgehead atoms. The van der Waals surface area contributed by atoms with Crippen molar-refractivity contribution in [3.63, 3.8) is 0 Å². The Hall–Kier alpha value is -2.10. The zero-order valence-corrected chi connectivity index (χ0v) is 10.1. The van der Waals surface area contributed by atoms with Gasteiger partial charge in [-0.25, -0.2) is 4.79 Å². The molecule has 1 N–H and O–H groups in total. The summed E-state index contributed by atoms with van der Waals surface area (Å²) in [6, 6.07) is 7.85. The van der Waals surface area contributed by atoms with E-state index in [1.54, 1.807) is 6.92 Å². The molecule has 2 rings (SSSR count). The van der Waals surface area contributed by atoms with Gasteiger partial charge in [0.2, 0.25) is 0 Å². The van der Waals surface area contributed by atoms with E-state index in [2.05, 4.69) is 10.2 Å². The number of carbonyl (C=O) groups excluding carboxylic acids is 1. The number of nitrogens with one attached hydrogen (secondary N) is 1. The molecule has 0 saturated carbocycles. The molecule has 4 nitrogen and oxygen atoms in total. The van der Waals surface area contributed by atoms with E-state index in [1.165, 1.54) is 7.11 Å². The SMILES string of the molecule is COC(=O)c1c(-c2cccc(C)c2)n[nH]c1C. The maximum atomic E-state index is 11.7. The molecule has 1 aromatic carbocycles. The van der Waals surface area contributed by atoms with Gasteiger partial charge in [0.25, 0.3) is 0 Å². The minimum atomic E-state index is -0.368. The molecule has 2 aromatic rings. The van der Waals surface area contributed by atoms with Crippen LogP contribution < -0.4 is 0 Å². The highest BCUT2D eigenvalue weighted by Gasteiger charge is 2.19. The molecule has 1 heterocycles. The second kappa shape index (κ2) is 4.41. The summed E-state index contributed by atoms with van der Waals surface area (Å²) in [6.07, 6.45) is 0. The highest BCUT2D eigenvalue weighted by molar-refractivity contribution is 5.97. The summed E-state index contributed by atoms with van der Waals surface area (Å²) in [5.74, 6) is -0.368. The van der Waals surface area contributed by atoms with Crippen LogP contribution in [0.1, 0.15) is 21.6 Å². The second-order valence-corrected chi connectivity index (χ2v) is 3.93. The van der Waals surface area contributed by atoms with Crippen LogP contribution >= 0.6 is 0 Å². The van der Waals surface area contributed by atoms with Gasteiger partial charge < -0.3 is 4.74 Å². The number of aromatic amines is 1. The number of aryl methyl sites for hydroxylation is 2. The summed E-state index contributed by atoms with van der Waals surface area (Å²) < 4.78 is 4.77. The van der Waals surface area contributed by atoms with Crippen LogP contribution in [0.4, 0.5) is 0 Å². The Bertz CT molecular complexity index is 558. The third-order valence-corrected chi connectivity index (χ3v) is 2.63. The lowest BCUT2D eigenvalue weighted by atomic mass is 10.0. The van der Waals surface area contributed by atoms with E-state index < -0.39 is 0 Å². The monoisotopic (exact) mass is 230 g/mol. The Morgan fingerprint density at radius 1 is 1.35 bits per heavy atom. The van der Waals surface area contributed by atoms with Crippen LogP contribution in [0.25, 0.3) is 11.3 Å². The van der Waals surface area contributed by atoms with Gasteiger partial charge in [-0.05, 0) is 19.9 Å². The molecule has 0 aliphatic rings. The number of carbonyl (C=O) groups is 1. The molecule has 0 spiro atoms. The highest BCUT2D eigenvalue weighted by atomic mass is 16.5. The fraction of sp³-hybridized carbons (Fsp3) is 0.231. The van der Waals surface area contributed by atoms with Gasteiger partial charge in [-0.3, -0.25) is 5.10 Å². The molecule has 17 heavy (non-hydrogen) atoms. The van der Waals surface area contributed by atoms with E-state index in [9.17, 15) is 4.79 Å². The topological polar surface area (TPSA) is 55.0 Å². The molecule has 0 unspecified atom stereocenters. The Balaban J connectivity index is 2.57. The minimum Gasteiger partial charge on any atom is -0.465 e. The summed E-state index contributed by atoms with van der Waals surface area (Å²) in [5, 5.41) is 6.99. The molecule has 4 heteroatoms. The number of hydrogen-bond donors (Lipinski definition) is 1. The quantitative estimate of drug-likeness (QED) is 0.806. The summed E-state index contributed by atoms with van der Waals surface area (Å²) in [4.78, 5) is 11.7. The van der Waals surface area contributed by atoms with Gasteiger partial charge in [0.1, 0.15) is 11.3 Å². The van der Waals surface area contributed by atoms with Crippen molar-refractivity contribution in [1.82, 2.24) is 10.2 Å². The van der Waals surface area contributed by atoms with Crippen LogP contribution in [0.15, 0.2) is 24.3 Å². The minimum absolute atomic E-state index is 0.368. The van der Waals surface area contributed by atoms with Crippen molar-refractivity contribution < 1.29 is 9.53 Å². The van der Waals surface area contributed by atoms with Gasteiger partial charge in [0.05, 0.1) is 7.11 Å². The molecule has 0 fully saturated rings. The number of H-pyrrole nitrogens is 1. The first-order valence-electron chi connectivity index (χ1n) is 5.34. The number of esters is 1. The van der Waals surface area contributed by atoms with E-state index in [-0.39, 0.29) is 5.97 Å². The van der Waals surface area contributed by atoms with E-state index >= 15 is 0 Å². The van der Waals surface area contributed by atoms with Crippen molar-refractivity contribution in [1.29, 1.82) is 0 Å². The van der Waals surface area contributed by atoms with Crippen LogP contribution in [0.2, 0.25) is 0 Å². The summed E-state index contributed by atoms with van der Waals surface area (Å²) in [5.41, 5.74) is 3.89. The molecule has 0 amide bonds. The molecule has 0 saturated heterocycles. The van der Waals surface area contributed by atoms with Crippen LogP contribution in [0.3, 0.4) is 0 Å². The van der Waals surface area contributed by atoms with Crippen molar-refractivity contribution in [2.24, 2.45) is 0 Å². The summed E-state index contributed by atoms with van der Waals surface area (Å²) >= 11 is 0. The van der Waals surface area contributed by atoms with E-state index in [0.29, 0.717) is 17.0 Å². The number of methoxy groups -OCH3 is 1. The first-order chi connectivity index (χ1) is 8.13. The van der Waals surface area contributed by atoms with Gasteiger partial charge in [-0.2, -0.15) is 5.10 Å². The van der Waals surface area contributed by atoms with Gasteiger partial charge in [0.15, 0.2) is 0 Å². The number of rotatable bonds is 2. The lowest BCUT2D eigenvalue weighted by Gasteiger charge is -2.03. The number of hydrogen-bond acceptors (Lipinski definition) is 3. The number of ether oxygens (including phenoxy) is 1. The number of aromatic nitrogens is 2. The van der Waals surface area contributed by atoms with E-state index in [4.69, 9.17) is 4.74 Å². The Kier molecular flexibility index (Phi) is 2.95. The first-order valence-corrected chi connectivity index (χ1v) is 5.34. The third-order valence-electron chi connectivity index (χ3n) is 2.63. The van der Waals surface area contributed by atoms with Gasteiger partial charge in [-0.1, -0.05) is 23.8 Å². The zero-order valence-electron chi connectivity index (χ0n) is 10.1. The Labute approximate surface area is 99.6 Å². The van der Waals surface area contributed by atoms with Crippen LogP contribution in [-0.2, 0) is 4.74 Å². The van der Waals surface area contributed by atoms with Crippen molar-refractivity contribution in [3.8, 4) is 11.3 Å². The number of nitrogens with zero attached hydrogens (tertiary/aromatic N) is 1. The van der Waals surface area contributed by atoms with Gasteiger partial charge in [-0.15, -0.1) is 0 Å². The normalized spacial score (nSPS) is 10.3. The standard InChI is InChI=1S/C13H14N2O2/c1-8-5-4-6-10(7-8)12-11(13(16)17-3)9(2)14-15-12/h4-7H,1-3H3,(H,14,15). The predicted octanol–water partition coefficient (Wildman–Crippen LogP) is 2.48. The molecule has 88 valence electrons. The van der Waals surface area contributed by atoms with Gasteiger partial charge in [0, 0.05) is 11.3 Å². The maximum absolute atomic E-state index is 11.7. The molecule has 0 aliphatic heterocycles. The molecular formula is C13H14N2O2. The number of benzene rings is 1. The van der Waals surface area contributed by atoms with Crippen molar-refractivity contribution in [2.75, 3.05) is 7.11 Å². The molecule has 0 radical (unpaired) electrons. The second-order valence-electron chi connectivity index (χ2n) is 3.93. The molecular weight excluding hydrogens is 216 g/mol. The average Bonchev–Trinajstić information content (AvgIpc) is 2.70. The Morgan fingerprint density at radius 3 is 2.76 bits per heavy atom. The third kappa shape index (κ3) is 2.06. The average molecular weight is 230 g/mol. The lowest BCUT2D eigenvalue weighted by Crippen LogP contribution is -2.03. The zero-order chi connectivity index (χ0) is 12.4. The largest absolute Gasteiger partial charge is 0.465 e. The van der Waals surface area contributed by atoms with Crippen LogP contribution in [0.5, 0.6) is 0 Å². The fourth-order valence-electron chi connectivity index (χ4n) is 1.78. The summed E-state index contributed by atoms with van der Waals surface area (Å²) in [6.45, 7) is 3.80. The van der Waals surface area contributed by atoms with Gasteiger partial charge >= 0.3 is 5.97 Å². The smallest absolute Gasteiger partial charge is 0.341 e. The fourth-order valence-corrected chi connectivity index (χ4v) is 1.78. The molecule has 0 aliphatic carbocycles. The summed E-state index contributed by atoms with van der Waals surface area (Å²) in [7, 11) is 1.37. The Morgan fingerprint density at radius 2 is 2.12 bits per heavy atom. The highest BCUT2D eigenvalue weighted by Crippen LogP contribution is 2.24. The lowest BCUT2D eigenvalue weighted by molar-refractivity contribution is 0.0601. The van der Waals surface area contributed by atoms with Crippen molar-refractivity contribution in [3.05, 3.63) is 41.1 Å². The maximum Gasteiger partial charge on any atom is 0.341 e. The first kappa shape index (κ1) is 11.4. The van der Waals surface area contributed by atoms with Crippen molar-refractivity contribution in [2.45, 2.75) is 13.8 Å². The molecule has 1 aromatic heterocycles. The van der Waals surface area contributed by atoms with Crippen LogP contribution in [-0.4, -0.2) is 23.3 Å². The van der Waals surface area contributed by atoms with E-state index in [0.717, 1.165) is 11.1 Å². The van der Waals surface area contributed by atoms with Crippen molar-refractivity contribution >= 4 is 5.97 Å². The van der Waals surface area contributed by atoms with Crippen LogP contribution in [0, 0.1) is 13.8 Å².